The fourth-order valence-electron chi connectivity index (χ4n) is 2.65. The maximum Gasteiger partial charge on any atom is 0.248 e. The number of nitrogens with zero attached hydrogens (tertiary/aromatic N) is 2. The van der Waals surface area contributed by atoms with Crippen LogP contribution in [0.5, 0.6) is 0 Å². The lowest BCUT2D eigenvalue weighted by atomic mass is 10.2. The minimum atomic E-state index is -0.152. The van der Waals surface area contributed by atoms with Gasteiger partial charge in [0.15, 0.2) is 0 Å². The summed E-state index contributed by atoms with van der Waals surface area (Å²) in [5.74, 6) is -0.152. The summed E-state index contributed by atoms with van der Waals surface area (Å²) in [4.78, 5) is 17.9. The van der Waals surface area contributed by atoms with Gasteiger partial charge in [0, 0.05) is 42.2 Å². The third-order valence-electron chi connectivity index (χ3n) is 4.00. The molecule has 0 saturated carbocycles. The second kappa shape index (κ2) is 7.83. The second-order valence-electron chi connectivity index (χ2n) is 5.79. The van der Waals surface area contributed by atoms with E-state index in [1.165, 1.54) is 0 Å². The number of nitrogens with one attached hydrogen (secondary N) is 1. The van der Waals surface area contributed by atoms with E-state index < -0.39 is 0 Å². The highest BCUT2D eigenvalue weighted by atomic mass is 35.5. The topological polar surface area (TPSA) is 35.6 Å². The Labute approximate surface area is 151 Å². The van der Waals surface area contributed by atoms with Crippen molar-refractivity contribution in [1.29, 1.82) is 0 Å². The Bertz CT molecular complexity index is 722. The molecule has 1 N–H and O–H groups in total. The SMILES string of the molecule is CN1CCN(c2ccc(Cl)cc2NC(=O)C=Cc2cccs2)CC1. The third-order valence-corrected chi connectivity index (χ3v) is 5.08. The summed E-state index contributed by atoms with van der Waals surface area (Å²) in [5, 5.41) is 5.56. The molecule has 6 heteroatoms. The van der Waals surface area contributed by atoms with Gasteiger partial charge in [-0.3, -0.25) is 4.79 Å². The standard InChI is InChI=1S/C18H20ClN3OS/c1-21-8-10-22(11-9-21)17-6-4-14(19)13-16(17)20-18(23)7-5-15-3-2-12-24-15/h2-7,12-13H,8-11H2,1H3,(H,20,23). The molecule has 0 bridgehead atoms. The Morgan fingerprint density at radius 1 is 1.25 bits per heavy atom. The van der Waals surface area contributed by atoms with Crippen LogP contribution in [0.15, 0.2) is 41.8 Å². The molecule has 3 rings (SSSR count). The molecule has 126 valence electrons. The van der Waals surface area contributed by atoms with Gasteiger partial charge in [-0.15, -0.1) is 11.3 Å². The number of halogens is 1. The summed E-state index contributed by atoms with van der Waals surface area (Å²) in [6.07, 6.45) is 3.38. The molecule has 24 heavy (non-hydrogen) atoms. The van der Waals surface area contributed by atoms with Crippen molar-refractivity contribution in [2.45, 2.75) is 0 Å². The number of rotatable bonds is 4. The lowest BCUT2D eigenvalue weighted by Gasteiger charge is -2.35. The highest BCUT2D eigenvalue weighted by molar-refractivity contribution is 7.10. The fourth-order valence-corrected chi connectivity index (χ4v) is 3.44. The molecular formula is C18H20ClN3OS. The van der Waals surface area contributed by atoms with E-state index in [2.05, 4.69) is 22.2 Å². The first-order chi connectivity index (χ1) is 11.6. The van der Waals surface area contributed by atoms with E-state index in [9.17, 15) is 4.79 Å². The van der Waals surface area contributed by atoms with Crippen LogP contribution in [0.25, 0.3) is 6.08 Å². The lowest BCUT2D eigenvalue weighted by molar-refractivity contribution is -0.111. The Morgan fingerprint density at radius 3 is 2.75 bits per heavy atom. The average Bonchev–Trinajstić information content (AvgIpc) is 3.08. The lowest BCUT2D eigenvalue weighted by Crippen LogP contribution is -2.44. The van der Waals surface area contributed by atoms with Crippen molar-refractivity contribution in [3.8, 4) is 0 Å². The summed E-state index contributed by atoms with van der Waals surface area (Å²) in [5.41, 5.74) is 1.78. The van der Waals surface area contributed by atoms with Crippen molar-refractivity contribution in [3.63, 3.8) is 0 Å². The highest BCUT2D eigenvalue weighted by Crippen LogP contribution is 2.30. The van der Waals surface area contributed by atoms with Crippen LogP contribution in [0.4, 0.5) is 11.4 Å². The van der Waals surface area contributed by atoms with E-state index in [4.69, 9.17) is 11.6 Å². The number of piperazine rings is 1. The van der Waals surface area contributed by atoms with Gasteiger partial charge in [0.1, 0.15) is 0 Å². The predicted octanol–water partition coefficient (Wildman–Crippen LogP) is 3.81. The van der Waals surface area contributed by atoms with Crippen LogP contribution in [0.1, 0.15) is 4.88 Å². The normalized spacial score (nSPS) is 15.8. The molecule has 0 atom stereocenters. The van der Waals surface area contributed by atoms with Crippen LogP contribution in [-0.4, -0.2) is 44.0 Å². The largest absolute Gasteiger partial charge is 0.367 e. The van der Waals surface area contributed by atoms with Crippen LogP contribution in [-0.2, 0) is 4.79 Å². The molecule has 4 nitrogen and oxygen atoms in total. The number of carbonyl (C=O) groups excluding carboxylic acids is 1. The number of thiophene rings is 1. The zero-order valence-corrected chi connectivity index (χ0v) is 15.1. The van der Waals surface area contributed by atoms with Gasteiger partial charge in [0.2, 0.25) is 5.91 Å². The van der Waals surface area contributed by atoms with Crippen molar-refractivity contribution in [1.82, 2.24) is 4.90 Å². The molecule has 1 aromatic carbocycles. The van der Waals surface area contributed by atoms with Gasteiger partial charge in [-0.1, -0.05) is 17.7 Å². The van der Waals surface area contributed by atoms with E-state index in [1.807, 2.05) is 41.8 Å². The molecule has 1 aromatic heterocycles. The molecule has 1 aliphatic rings. The number of likely N-dealkylation sites (N-methyl/N-ethyl adjacent to an activating group) is 1. The van der Waals surface area contributed by atoms with Crippen molar-refractivity contribution in [2.75, 3.05) is 43.4 Å². The molecule has 0 radical (unpaired) electrons. The van der Waals surface area contributed by atoms with Gasteiger partial charge in [0.25, 0.3) is 0 Å². The predicted molar refractivity (Wildman–Crippen MR) is 103 cm³/mol. The Hall–Kier alpha value is -1.82. The first kappa shape index (κ1) is 17.0. The highest BCUT2D eigenvalue weighted by Gasteiger charge is 2.18. The molecule has 2 heterocycles. The molecule has 1 saturated heterocycles. The Kier molecular flexibility index (Phi) is 5.56. The molecule has 1 amide bonds. The number of amides is 1. The van der Waals surface area contributed by atoms with Crippen LogP contribution in [0, 0.1) is 0 Å². The van der Waals surface area contributed by atoms with E-state index >= 15 is 0 Å². The summed E-state index contributed by atoms with van der Waals surface area (Å²) in [6, 6.07) is 9.60. The monoisotopic (exact) mass is 361 g/mol. The summed E-state index contributed by atoms with van der Waals surface area (Å²) >= 11 is 7.73. The van der Waals surface area contributed by atoms with Gasteiger partial charge >= 0.3 is 0 Å². The summed E-state index contributed by atoms with van der Waals surface area (Å²) in [7, 11) is 2.12. The third kappa shape index (κ3) is 4.38. The van der Waals surface area contributed by atoms with Crippen LogP contribution in [0.2, 0.25) is 5.02 Å². The van der Waals surface area contributed by atoms with Gasteiger partial charge in [-0.25, -0.2) is 0 Å². The van der Waals surface area contributed by atoms with Crippen molar-refractivity contribution in [3.05, 3.63) is 51.7 Å². The number of hydrogen-bond donors (Lipinski definition) is 1. The number of carbonyl (C=O) groups is 1. The van der Waals surface area contributed by atoms with E-state index in [1.54, 1.807) is 17.4 Å². The molecule has 0 unspecified atom stereocenters. The quantitative estimate of drug-likeness (QED) is 0.841. The van der Waals surface area contributed by atoms with Crippen molar-refractivity contribution >= 4 is 46.3 Å². The zero-order chi connectivity index (χ0) is 16.9. The smallest absolute Gasteiger partial charge is 0.248 e. The molecule has 0 aliphatic carbocycles. The first-order valence-electron chi connectivity index (χ1n) is 7.87. The number of anilines is 2. The van der Waals surface area contributed by atoms with E-state index in [-0.39, 0.29) is 5.91 Å². The minimum absolute atomic E-state index is 0.152. The second-order valence-corrected chi connectivity index (χ2v) is 7.21. The van der Waals surface area contributed by atoms with Crippen LogP contribution >= 0.6 is 22.9 Å². The average molecular weight is 362 g/mol. The summed E-state index contributed by atoms with van der Waals surface area (Å²) < 4.78 is 0. The molecule has 0 spiro atoms. The molecule has 1 fully saturated rings. The van der Waals surface area contributed by atoms with Crippen LogP contribution in [0.3, 0.4) is 0 Å². The Morgan fingerprint density at radius 2 is 2.04 bits per heavy atom. The molecular weight excluding hydrogens is 342 g/mol. The maximum absolute atomic E-state index is 12.2. The van der Waals surface area contributed by atoms with Gasteiger partial charge in [-0.05, 0) is 42.8 Å². The van der Waals surface area contributed by atoms with E-state index in [0.29, 0.717) is 5.02 Å². The van der Waals surface area contributed by atoms with Gasteiger partial charge in [0.05, 0.1) is 11.4 Å². The van der Waals surface area contributed by atoms with Crippen molar-refractivity contribution < 1.29 is 4.79 Å². The van der Waals surface area contributed by atoms with Crippen molar-refractivity contribution in [2.24, 2.45) is 0 Å². The fraction of sp³-hybridized carbons (Fsp3) is 0.278. The maximum atomic E-state index is 12.2. The van der Waals surface area contributed by atoms with E-state index in [0.717, 1.165) is 42.4 Å². The van der Waals surface area contributed by atoms with Gasteiger partial charge < -0.3 is 15.1 Å². The summed E-state index contributed by atoms with van der Waals surface area (Å²) in [6.45, 7) is 3.89. The zero-order valence-electron chi connectivity index (χ0n) is 13.5. The van der Waals surface area contributed by atoms with Gasteiger partial charge in [-0.2, -0.15) is 0 Å². The van der Waals surface area contributed by atoms with Crippen LogP contribution < -0.4 is 10.2 Å². The first-order valence-corrected chi connectivity index (χ1v) is 9.13. The minimum Gasteiger partial charge on any atom is -0.367 e. The number of benzene rings is 1. The molecule has 1 aliphatic heterocycles. The Balaban J connectivity index is 1.74. The number of hydrogen-bond acceptors (Lipinski definition) is 4. The molecule has 2 aromatic rings.